The van der Waals surface area contributed by atoms with Gasteiger partial charge in [0.2, 0.25) is 0 Å². The number of esters is 1. The van der Waals surface area contributed by atoms with Gasteiger partial charge in [0.1, 0.15) is 11.5 Å². The second-order valence-corrected chi connectivity index (χ2v) is 8.85. The minimum Gasteiger partial charge on any atom is -0.506 e. The minimum atomic E-state index is -0.507. The van der Waals surface area contributed by atoms with Gasteiger partial charge in [-0.3, -0.25) is 9.59 Å². The van der Waals surface area contributed by atoms with Crippen LogP contribution in [-0.4, -0.2) is 34.4 Å². The van der Waals surface area contributed by atoms with Crippen molar-refractivity contribution in [1.29, 1.82) is 0 Å². The van der Waals surface area contributed by atoms with E-state index in [9.17, 15) is 24.6 Å². The van der Waals surface area contributed by atoms with Crippen molar-refractivity contribution in [3.05, 3.63) is 94.5 Å². The van der Waals surface area contributed by atoms with E-state index in [-0.39, 0.29) is 44.5 Å². The first-order valence-corrected chi connectivity index (χ1v) is 11.4. The lowest BCUT2D eigenvalue weighted by Crippen LogP contribution is -2.21. The summed E-state index contributed by atoms with van der Waals surface area (Å²) >= 11 is 1.38. The largest absolute Gasteiger partial charge is 0.506 e. The molecule has 0 radical (unpaired) electrons. The molecule has 0 bridgehead atoms. The van der Waals surface area contributed by atoms with Crippen LogP contribution >= 0.6 is 11.8 Å². The van der Waals surface area contributed by atoms with E-state index in [1.165, 1.54) is 23.9 Å². The molecule has 0 amide bonds. The Balaban J connectivity index is 1.56. The molecular weight excluding hydrogens is 452 g/mol. The average Bonchev–Trinajstić information content (AvgIpc) is 2.85. The molecule has 2 N–H and O–H groups in total. The lowest BCUT2D eigenvalue weighted by Gasteiger charge is -2.21. The van der Waals surface area contributed by atoms with Gasteiger partial charge in [0.05, 0.1) is 23.3 Å². The van der Waals surface area contributed by atoms with Crippen LogP contribution in [0.15, 0.2) is 76.5 Å². The number of hydrogen-bond acceptors (Lipinski definition) is 7. The number of fused-ring (bicyclic) bond motifs is 3. The predicted octanol–water partition coefficient (Wildman–Crippen LogP) is 5.35. The van der Waals surface area contributed by atoms with Gasteiger partial charge in [0.15, 0.2) is 11.6 Å². The van der Waals surface area contributed by atoms with E-state index in [0.29, 0.717) is 12.2 Å². The normalized spacial score (nSPS) is 12.4. The summed E-state index contributed by atoms with van der Waals surface area (Å²) < 4.78 is 4.99. The van der Waals surface area contributed by atoms with E-state index >= 15 is 0 Å². The molecule has 4 aromatic rings. The van der Waals surface area contributed by atoms with Gasteiger partial charge in [-0.25, -0.2) is 4.79 Å². The minimum absolute atomic E-state index is 0.177. The fourth-order valence-corrected chi connectivity index (χ4v) is 4.95. The first-order valence-electron chi connectivity index (χ1n) is 10.6. The lowest BCUT2D eigenvalue weighted by atomic mass is 9.81. The Kier molecular flexibility index (Phi) is 5.34. The van der Waals surface area contributed by atoms with Crippen LogP contribution < -0.4 is 0 Å². The number of aromatic hydroxyl groups is 2. The van der Waals surface area contributed by atoms with Gasteiger partial charge in [-0.2, -0.15) is 0 Å². The number of carbonyl (C=O) groups excluding carboxylic acids is 3. The second-order valence-electron chi connectivity index (χ2n) is 7.71. The number of rotatable bonds is 4. The number of ether oxygens (including phenoxy) is 1. The standard InChI is InChI=1S/C27H18O6S/c1-2-33-27(32)14-7-9-15(10-8-14)34-16-11-12-19-20(13-16)26(31)22-21(25(19)30)23(28)17-5-3-4-6-18(17)24(22)29/h3-13,30-31H,2H2,1H3. The number of hydrogen-bond donors (Lipinski definition) is 2. The first kappa shape index (κ1) is 21.7. The summed E-state index contributed by atoms with van der Waals surface area (Å²) in [5.74, 6) is -2.06. The van der Waals surface area contributed by atoms with Crippen LogP contribution in [-0.2, 0) is 4.74 Å². The number of ketones is 2. The van der Waals surface area contributed by atoms with Gasteiger partial charge in [0.25, 0.3) is 0 Å². The molecule has 0 fully saturated rings. The van der Waals surface area contributed by atoms with Gasteiger partial charge >= 0.3 is 5.97 Å². The van der Waals surface area contributed by atoms with Crippen LogP contribution in [0.25, 0.3) is 10.8 Å². The fourth-order valence-electron chi connectivity index (χ4n) is 4.10. The predicted molar refractivity (Wildman–Crippen MR) is 127 cm³/mol. The Morgan fingerprint density at radius 3 is 1.94 bits per heavy atom. The summed E-state index contributed by atoms with van der Waals surface area (Å²) in [6.07, 6.45) is 0. The summed E-state index contributed by atoms with van der Waals surface area (Å²) in [5, 5.41) is 22.5. The lowest BCUT2D eigenvalue weighted by molar-refractivity contribution is 0.0526. The highest BCUT2D eigenvalue weighted by Gasteiger charge is 2.36. The molecule has 7 heteroatoms. The van der Waals surface area contributed by atoms with Gasteiger partial charge in [0, 0.05) is 31.7 Å². The molecule has 0 aliphatic heterocycles. The van der Waals surface area contributed by atoms with Crippen molar-refractivity contribution in [2.24, 2.45) is 0 Å². The summed E-state index contributed by atoms with van der Waals surface area (Å²) in [4.78, 5) is 39.6. The molecule has 0 heterocycles. The molecule has 168 valence electrons. The zero-order chi connectivity index (χ0) is 24.0. The third-order valence-electron chi connectivity index (χ3n) is 5.70. The summed E-state index contributed by atoms with van der Waals surface area (Å²) in [6.45, 7) is 2.04. The number of phenols is 2. The van der Waals surface area contributed by atoms with Crippen molar-refractivity contribution in [3.8, 4) is 11.5 Å². The molecular formula is C27H18O6S. The SMILES string of the molecule is CCOC(=O)c1ccc(Sc2ccc3c(O)c4c(c(O)c3c2)C(=O)c2ccccc2C4=O)cc1. The monoisotopic (exact) mass is 470 g/mol. The van der Waals surface area contributed by atoms with Crippen LogP contribution in [0.2, 0.25) is 0 Å². The molecule has 4 aromatic carbocycles. The van der Waals surface area contributed by atoms with Crippen molar-refractivity contribution >= 4 is 40.1 Å². The van der Waals surface area contributed by atoms with E-state index in [2.05, 4.69) is 0 Å². The Hall–Kier alpha value is -4.10. The van der Waals surface area contributed by atoms with Gasteiger partial charge in [-0.05, 0) is 49.4 Å². The zero-order valence-electron chi connectivity index (χ0n) is 18.0. The zero-order valence-corrected chi connectivity index (χ0v) is 18.8. The third kappa shape index (κ3) is 3.41. The van der Waals surface area contributed by atoms with Crippen LogP contribution in [0.1, 0.15) is 49.1 Å². The first-order chi connectivity index (χ1) is 16.4. The van der Waals surface area contributed by atoms with E-state index < -0.39 is 17.5 Å². The Morgan fingerprint density at radius 1 is 0.794 bits per heavy atom. The Labute approximate surface area is 198 Å². The van der Waals surface area contributed by atoms with Crippen LogP contribution in [0, 0.1) is 0 Å². The number of benzene rings is 4. The highest BCUT2D eigenvalue weighted by atomic mass is 32.2. The second kappa shape index (κ2) is 8.35. The van der Waals surface area contributed by atoms with Crippen molar-refractivity contribution in [1.82, 2.24) is 0 Å². The molecule has 6 nitrogen and oxygen atoms in total. The molecule has 1 aliphatic rings. The van der Waals surface area contributed by atoms with Crippen molar-refractivity contribution < 1.29 is 29.3 Å². The molecule has 0 saturated heterocycles. The maximum atomic E-state index is 13.1. The Bertz CT molecular complexity index is 1500. The molecule has 5 rings (SSSR count). The van der Waals surface area contributed by atoms with Gasteiger partial charge in [-0.1, -0.05) is 36.0 Å². The van der Waals surface area contributed by atoms with E-state index in [0.717, 1.165) is 9.79 Å². The average molecular weight is 471 g/mol. The topological polar surface area (TPSA) is 101 Å². The third-order valence-corrected chi connectivity index (χ3v) is 6.69. The maximum absolute atomic E-state index is 13.1. The van der Waals surface area contributed by atoms with Gasteiger partial charge in [-0.15, -0.1) is 0 Å². The number of carbonyl (C=O) groups is 3. The molecule has 0 aromatic heterocycles. The smallest absolute Gasteiger partial charge is 0.338 e. The summed E-state index contributed by atoms with van der Waals surface area (Å²) in [5.41, 5.74) is 0.481. The molecule has 0 saturated carbocycles. The molecule has 0 atom stereocenters. The van der Waals surface area contributed by atoms with Crippen molar-refractivity contribution in [2.75, 3.05) is 6.61 Å². The summed E-state index contributed by atoms with van der Waals surface area (Å²) in [6, 6.07) is 18.3. The molecule has 1 aliphatic carbocycles. The van der Waals surface area contributed by atoms with E-state index in [4.69, 9.17) is 4.74 Å². The summed E-state index contributed by atoms with van der Waals surface area (Å²) in [7, 11) is 0. The van der Waals surface area contributed by atoms with E-state index in [1.54, 1.807) is 61.5 Å². The van der Waals surface area contributed by atoms with Crippen molar-refractivity contribution in [2.45, 2.75) is 16.7 Å². The van der Waals surface area contributed by atoms with Crippen LogP contribution in [0.5, 0.6) is 11.5 Å². The molecule has 0 spiro atoms. The number of phenolic OH excluding ortho intramolecular Hbond substituents is 2. The molecule has 34 heavy (non-hydrogen) atoms. The quantitative estimate of drug-likeness (QED) is 0.270. The highest BCUT2D eigenvalue weighted by molar-refractivity contribution is 7.99. The van der Waals surface area contributed by atoms with Crippen molar-refractivity contribution in [3.63, 3.8) is 0 Å². The fraction of sp³-hybridized carbons (Fsp3) is 0.0741. The molecule has 0 unspecified atom stereocenters. The van der Waals surface area contributed by atoms with Crippen LogP contribution in [0.4, 0.5) is 0 Å². The highest BCUT2D eigenvalue weighted by Crippen LogP contribution is 2.45. The Morgan fingerprint density at radius 2 is 1.35 bits per heavy atom. The van der Waals surface area contributed by atoms with Gasteiger partial charge < -0.3 is 14.9 Å². The van der Waals surface area contributed by atoms with E-state index in [1.807, 2.05) is 0 Å². The van der Waals surface area contributed by atoms with Crippen LogP contribution in [0.3, 0.4) is 0 Å². The maximum Gasteiger partial charge on any atom is 0.338 e.